The number of hydrogen-bond donors (Lipinski definition) is 2. The van der Waals surface area contributed by atoms with Gasteiger partial charge in [0, 0.05) is 24.5 Å². The molecule has 110 valence electrons. The average Bonchev–Trinajstić information content (AvgIpc) is 2.38. The fraction of sp³-hybridized carbons (Fsp3) is 0.562. The molecule has 2 N–H and O–H groups in total. The largest absolute Gasteiger partial charge is 0.493 e. The Bertz CT molecular complexity index is 499. The van der Waals surface area contributed by atoms with E-state index in [1.807, 2.05) is 26.0 Å². The van der Waals surface area contributed by atoms with Crippen LogP contribution in [0.2, 0.25) is 0 Å². The van der Waals surface area contributed by atoms with Crippen LogP contribution >= 0.6 is 0 Å². The molecule has 4 heteroatoms. The summed E-state index contributed by atoms with van der Waals surface area (Å²) in [6, 6.07) is 4.00. The molecule has 1 heterocycles. The molecule has 1 aliphatic rings. The van der Waals surface area contributed by atoms with Crippen LogP contribution in [0.4, 0.5) is 0 Å². The van der Waals surface area contributed by atoms with Gasteiger partial charge in [0.15, 0.2) is 0 Å². The monoisotopic (exact) mass is 277 g/mol. The number of benzene rings is 1. The molecule has 2 atom stereocenters. The van der Waals surface area contributed by atoms with Gasteiger partial charge in [-0.3, -0.25) is 4.79 Å². The van der Waals surface area contributed by atoms with Gasteiger partial charge >= 0.3 is 0 Å². The predicted molar refractivity (Wildman–Crippen MR) is 77.7 cm³/mol. The first-order valence-electron chi connectivity index (χ1n) is 7.25. The first kappa shape index (κ1) is 14.9. The van der Waals surface area contributed by atoms with Gasteiger partial charge in [0.25, 0.3) is 0 Å². The normalized spacial score (nSPS) is 18.9. The fourth-order valence-corrected chi connectivity index (χ4v) is 2.76. The number of ether oxygens (including phenoxy) is 1. The number of rotatable bonds is 4. The Balaban J connectivity index is 2.41. The van der Waals surface area contributed by atoms with Gasteiger partial charge in [0.1, 0.15) is 5.75 Å². The standard InChI is InChI=1S/C16H23NO3/c1-4-5-15(19)13-9-10(2)8-12-14(17-11(3)18)6-7-20-16(12)13/h8-9,14-15,19H,4-7H2,1-3H3,(H,17,18). The summed E-state index contributed by atoms with van der Waals surface area (Å²) in [7, 11) is 0. The van der Waals surface area contributed by atoms with E-state index >= 15 is 0 Å². The van der Waals surface area contributed by atoms with Gasteiger partial charge in [0.2, 0.25) is 5.91 Å². The highest BCUT2D eigenvalue weighted by atomic mass is 16.5. The third kappa shape index (κ3) is 3.12. The summed E-state index contributed by atoms with van der Waals surface area (Å²) < 4.78 is 5.78. The minimum Gasteiger partial charge on any atom is -0.493 e. The highest BCUT2D eigenvalue weighted by molar-refractivity contribution is 5.73. The molecule has 0 saturated heterocycles. The molecule has 2 unspecified atom stereocenters. The fourth-order valence-electron chi connectivity index (χ4n) is 2.76. The lowest BCUT2D eigenvalue weighted by atomic mass is 9.92. The Kier molecular flexibility index (Phi) is 4.65. The van der Waals surface area contributed by atoms with Crippen molar-refractivity contribution in [2.24, 2.45) is 0 Å². The molecule has 0 aromatic heterocycles. The van der Waals surface area contributed by atoms with E-state index in [-0.39, 0.29) is 11.9 Å². The van der Waals surface area contributed by atoms with Gasteiger partial charge in [-0.25, -0.2) is 0 Å². The minimum atomic E-state index is -0.510. The van der Waals surface area contributed by atoms with Crippen LogP contribution in [0.15, 0.2) is 12.1 Å². The van der Waals surface area contributed by atoms with Crippen LogP contribution < -0.4 is 10.1 Å². The molecule has 1 amide bonds. The summed E-state index contributed by atoms with van der Waals surface area (Å²) in [6.45, 7) is 6.14. The average molecular weight is 277 g/mol. The predicted octanol–water partition coefficient (Wildman–Crippen LogP) is 2.79. The molecule has 2 rings (SSSR count). The molecule has 20 heavy (non-hydrogen) atoms. The molecule has 1 aromatic rings. The highest BCUT2D eigenvalue weighted by Crippen LogP contribution is 2.39. The molecule has 1 aliphatic heterocycles. The van der Waals surface area contributed by atoms with Crippen LogP contribution in [-0.2, 0) is 4.79 Å². The second kappa shape index (κ2) is 6.27. The lowest BCUT2D eigenvalue weighted by molar-refractivity contribution is -0.119. The van der Waals surface area contributed by atoms with E-state index in [1.54, 1.807) is 0 Å². The maximum absolute atomic E-state index is 11.3. The Labute approximate surface area is 120 Å². The van der Waals surface area contributed by atoms with Crippen LogP contribution in [-0.4, -0.2) is 17.6 Å². The lowest BCUT2D eigenvalue weighted by Gasteiger charge is -2.29. The first-order valence-corrected chi connectivity index (χ1v) is 7.25. The zero-order chi connectivity index (χ0) is 14.7. The van der Waals surface area contributed by atoms with E-state index in [2.05, 4.69) is 5.32 Å². The summed E-state index contributed by atoms with van der Waals surface area (Å²) in [5, 5.41) is 13.3. The van der Waals surface area contributed by atoms with Crippen molar-refractivity contribution >= 4 is 5.91 Å². The zero-order valence-electron chi connectivity index (χ0n) is 12.4. The van der Waals surface area contributed by atoms with E-state index in [0.29, 0.717) is 13.0 Å². The molecule has 4 nitrogen and oxygen atoms in total. The molecular formula is C16H23NO3. The van der Waals surface area contributed by atoms with Crippen LogP contribution in [0.1, 0.15) is 61.9 Å². The molecule has 0 saturated carbocycles. The maximum atomic E-state index is 11.3. The zero-order valence-corrected chi connectivity index (χ0v) is 12.4. The number of amides is 1. The van der Waals surface area contributed by atoms with E-state index in [1.165, 1.54) is 6.92 Å². The summed E-state index contributed by atoms with van der Waals surface area (Å²) >= 11 is 0. The second-order valence-electron chi connectivity index (χ2n) is 5.47. The van der Waals surface area contributed by atoms with Gasteiger partial charge in [-0.1, -0.05) is 25.0 Å². The summed E-state index contributed by atoms with van der Waals surface area (Å²) in [6.07, 6.45) is 1.88. The van der Waals surface area contributed by atoms with Crippen molar-refractivity contribution in [3.05, 3.63) is 28.8 Å². The van der Waals surface area contributed by atoms with Crippen molar-refractivity contribution in [3.63, 3.8) is 0 Å². The summed E-state index contributed by atoms with van der Waals surface area (Å²) in [5.74, 6) is 0.710. The van der Waals surface area contributed by atoms with Crippen molar-refractivity contribution in [3.8, 4) is 5.75 Å². The minimum absolute atomic E-state index is 0.0243. The quantitative estimate of drug-likeness (QED) is 0.889. The number of aliphatic hydroxyl groups excluding tert-OH is 1. The molecule has 0 fully saturated rings. The van der Waals surface area contributed by atoms with Gasteiger partial charge in [-0.05, 0) is 19.4 Å². The van der Waals surface area contributed by atoms with E-state index < -0.39 is 6.10 Å². The van der Waals surface area contributed by atoms with Crippen LogP contribution in [0.5, 0.6) is 5.75 Å². The van der Waals surface area contributed by atoms with Crippen molar-refractivity contribution in [2.75, 3.05) is 6.61 Å². The number of aliphatic hydroxyl groups is 1. The topological polar surface area (TPSA) is 58.6 Å². The van der Waals surface area contributed by atoms with Crippen LogP contribution in [0.25, 0.3) is 0 Å². The number of fused-ring (bicyclic) bond motifs is 1. The third-order valence-corrected chi connectivity index (χ3v) is 3.62. The molecule has 0 spiro atoms. The third-order valence-electron chi connectivity index (χ3n) is 3.62. The molecule has 0 bridgehead atoms. The number of carbonyl (C=O) groups excluding carboxylic acids is 1. The SMILES string of the molecule is CCCC(O)c1cc(C)cc2c1OCCC2NC(C)=O. The van der Waals surface area contributed by atoms with Crippen LogP contribution in [0.3, 0.4) is 0 Å². The smallest absolute Gasteiger partial charge is 0.217 e. The van der Waals surface area contributed by atoms with Crippen molar-refractivity contribution in [2.45, 2.75) is 52.2 Å². The lowest BCUT2D eigenvalue weighted by Crippen LogP contribution is -2.31. The second-order valence-corrected chi connectivity index (χ2v) is 5.47. The van der Waals surface area contributed by atoms with Gasteiger partial charge in [0.05, 0.1) is 18.8 Å². The Morgan fingerprint density at radius 2 is 2.30 bits per heavy atom. The Morgan fingerprint density at radius 3 is 2.95 bits per heavy atom. The number of carbonyl (C=O) groups is 1. The highest BCUT2D eigenvalue weighted by Gasteiger charge is 2.26. The van der Waals surface area contributed by atoms with E-state index in [9.17, 15) is 9.90 Å². The number of nitrogens with one attached hydrogen (secondary N) is 1. The number of aryl methyl sites for hydroxylation is 1. The molecule has 0 aliphatic carbocycles. The van der Waals surface area contributed by atoms with Crippen molar-refractivity contribution in [1.29, 1.82) is 0 Å². The molecule has 0 radical (unpaired) electrons. The van der Waals surface area contributed by atoms with Gasteiger partial charge in [-0.2, -0.15) is 0 Å². The summed E-state index contributed by atoms with van der Waals surface area (Å²) in [4.78, 5) is 11.3. The van der Waals surface area contributed by atoms with Crippen molar-refractivity contribution < 1.29 is 14.6 Å². The number of hydrogen-bond acceptors (Lipinski definition) is 3. The maximum Gasteiger partial charge on any atom is 0.217 e. The van der Waals surface area contributed by atoms with E-state index in [0.717, 1.165) is 35.3 Å². The van der Waals surface area contributed by atoms with E-state index in [4.69, 9.17) is 4.74 Å². The first-order chi connectivity index (χ1) is 9.52. The van der Waals surface area contributed by atoms with Crippen LogP contribution in [0, 0.1) is 6.92 Å². The molecule has 1 aromatic carbocycles. The Morgan fingerprint density at radius 1 is 1.55 bits per heavy atom. The van der Waals surface area contributed by atoms with Gasteiger partial charge < -0.3 is 15.2 Å². The van der Waals surface area contributed by atoms with Gasteiger partial charge in [-0.15, -0.1) is 0 Å². The van der Waals surface area contributed by atoms with Crippen molar-refractivity contribution in [1.82, 2.24) is 5.32 Å². The Hall–Kier alpha value is -1.55. The summed E-state index contributed by atoms with van der Waals surface area (Å²) in [5.41, 5.74) is 2.91. The molecular weight excluding hydrogens is 254 g/mol.